The fourth-order valence-electron chi connectivity index (χ4n) is 3.02. The van der Waals surface area contributed by atoms with Gasteiger partial charge in [-0.25, -0.2) is 9.67 Å². The minimum atomic E-state index is -0.462. The van der Waals surface area contributed by atoms with Crippen molar-refractivity contribution in [2.24, 2.45) is 0 Å². The average molecular weight is 389 g/mol. The number of hydrogen-bond donors (Lipinski definition) is 1. The van der Waals surface area contributed by atoms with Crippen LogP contribution in [0.5, 0.6) is 0 Å². The maximum absolute atomic E-state index is 12.8. The summed E-state index contributed by atoms with van der Waals surface area (Å²) in [6, 6.07) is 7.12. The van der Waals surface area contributed by atoms with Gasteiger partial charge in [0, 0.05) is 24.6 Å². The molecular formula is C20H19N7O2. The summed E-state index contributed by atoms with van der Waals surface area (Å²) < 4.78 is 3.37. The van der Waals surface area contributed by atoms with Crippen LogP contribution in [0.3, 0.4) is 0 Å². The largest absolute Gasteiger partial charge is 0.346 e. The van der Waals surface area contributed by atoms with Crippen molar-refractivity contribution in [3.05, 3.63) is 76.2 Å². The van der Waals surface area contributed by atoms with Gasteiger partial charge in [0.25, 0.3) is 5.91 Å². The number of rotatable bonds is 5. The van der Waals surface area contributed by atoms with Crippen molar-refractivity contribution in [2.45, 2.75) is 26.9 Å². The summed E-state index contributed by atoms with van der Waals surface area (Å²) in [4.78, 5) is 34.0. The van der Waals surface area contributed by atoms with E-state index >= 15 is 0 Å². The number of nitrogens with one attached hydrogen (secondary N) is 1. The predicted molar refractivity (Wildman–Crippen MR) is 107 cm³/mol. The molecule has 0 bridgehead atoms. The summed E-state index contributed by atoms with van der Waals surface area (Å²) in [7, 11) is 0. The van der Waals surface area contributed by atoms with Crippen molar-refractivity contribution in [1.29, 1.82) is 0 Å². The molecule has 4 aromatic rings. The second kappa shape index (κ2) is 7.63. The van der Waals surface area contributed by atoms with Gasteiger partial charge >= 0.3 is 0 Å². The highest BCUT2D eigenvalue weighted by atomic mass is 16.2. The third-order valence-electron chi connectivity index (χ3n) is 4.53. The number of carbonyl (C=O) groups is 1. The molecule has 0 fully saturated rings. The molecule has 1 N–H and O–H groups in total. The zero-order chi connectivity index (χ0) is 20.4. The lowest BCUT2D eigenvalue weighted by atomic mass is 10.1. The van der Waals surface area contributed by atoms with E-state index in [0.29, 0.717) is 23.3 Å². The smallest absolute Gasteiger partial charge is 0.257 e. The first-order valence-electron chi connectivity index (χ1n) is 9.17. The van der Waals surface area contributed by atoms with Gasteiger partial charge in [-0.3, -0.25) is 14.6 Å². The first-order chi connectivity index (χ1) is 14.1. The topological polar surface area (TPSA) is 108 Å². The van der Waals surface area contributed by atoms with Crippen LogP contribution in [0.1, 0.15) is 28.7 Å². The Kier molecular flexibility index (Phi) is 4.86. The van der Waals surface area contributed by atoms with Crippen molar-refractivity contribution < 1.29 is 4.79 Å². The Balaban J connectivity index is 1.57. The highest BCUT2D eigenvalue weighted by Gasteiger charge is 2.16. The quantitative estimate of drug-likeness (QED) is 0.556. The fourth-order valence-corrected chi connectivity index (χ4v) is 3.02. The molecule has 0 aromatic carbocycles. The molecular weight excluding hydrogens is 370 g/mol. The van der Waals surface area contributed by atoms with Crippen LogP contribution in [0.15, 0.2) is 53.8 Å². The number of aromatic nitrogens is 6. The highest BCUT2D eigenvalue weighted by Crippen LogP contribution is 2.11. The van der Waals surface area contributed by atoms with E-state index in [4.69, 9.17) is 0 Å². The molecule has 9 nitrogen and oxygen atoms in total. The molecule has 1 amide bonds. The molecule has 146 valence electrons. The maximum Gasteiger partial charge on any atom is 0.257 e. The van der Waals surface area contributed by atoms with Crippen molar-refractivity contribution >= 4 is 16.9 Å². The molecule has 29 heavy (non-hydrogen) atoms. The van der Waals surface area contributed by atoms with Gasteiger partial charge in [-0.05, 0) is 38.1 Å². The lowest BCUT2D eigenvalue weighted by molar-refractivity contribution is 0.0949. The van der Waals surface area contributed by atoms with Crippen LogP contribution in [0.4, 0.5) is 0 Å². The summed E-state index contributed by atoms with van der Waals surface area (Å²) in [5, 5.41) is 11.3. The molecule has 4 rings (SSSR count). The van der Waals surface area contributed by atoms with E-state index in [1.807, 2.05) is 19.9 Å². The van der Waals surface area contributed by atoms with Crippen molar-refractivity contribution in [1.82, 2.24) is 34.8 Å². The number of hydrogen-bond acceptors (Lipinski definition) is 6. The minimum absolute atomic E-state index is 0.0738. The van der Waals surface area contributed by atoms with Gasteiger partial charge in [0.2, 0.25) is 5.43 Å². The Morgan fingerprint density at radius 1 is 1.21 bits per heavy atom. The van der Waals surface area contributed by atoms with Crippen molar-refractivity contribution in [2.75, 3.05) is 0 Å². The van der Waals surface area contributed by atoms with E-state index < -0.39 is 5.91 Å². The fraction of sp³-hybridized carbons (Fsp3) is 0.200. The summed E-state index contributed by atoms with van der Waals surface area (Å²) in [6.45, 7) is 4.54. The normalized spacial score (nSPS) is 11.0. The van der Waals surface area contributed by atoms with E-state index in [1.54, 1.807) is 52.2 Å². The van der Waals surface area contributed by atoms with Gasteiger partial charge in [0.15, 0.2) is 0 Å². The second-order valence-corrected chi connectivity index (χ2v) is 6.53. The lowest BCUT2D eigenvalue weighted by Gasteiger charge is -2.11. The SMILES string of the molecule is CCn1cc(C(=O)NCc2cn(-c3cccnc3)nn2)c(=O)c2ccc(C)nc21. The van der Waals surface area contributed by atoms with Gasteiger partial charge < -0.3 is 9.88 Å². The zero-order valence-corrected chi connectivity index (χ0v) is 16.0. The van der Waals surface area contributed by atoms with E-state index in [0.717, 1.165) is 11.4 Å². The van der Waals surface area contributed by atoms with Crippen LogP contribution in [0.25, 0.3) is 16.7 Å². The number of pyridine rings is 3. The van der Waals surface area contributed by atoms with Gasteiger partial charge in [-0.2, -0.15) is 0 Å². The Morgan fingerprint density at radius 2 is 2.07 bits per heavy atom. The van der Waals surface area contributed by atoms with Gasteiger partial charge in [-0.15, -0.1) is 5.10 Å². The molecule has 0 spiro atoms. The van der Waals surface area contributed by atoms with Gasteiger partial charge in [-0.1, -0.05) is 5.21 Å². The second-order valence-electron chi connectivity index (χ2n) is 6.53. The molecule has 0 saturated heterocycles. The standard InChI is InChI=1S/C20H19N7O2/c1-3-26-12-17(18(28)16-7-6-13(2)23-19(16)26)20(29)22-9-14-11-27(25-24-14)15-5-4-8-21-10-15/h4-8,10-12H,3,9H2,1-2H3,(H,22,29). The Bertz CT molecular complexity index is 1240. The molecule has 4 heterocycles. The monoisotopic (exact) mass is 389 g/mol. The van der Waals surface area contributed by atoms with Gasteiger partial charge in [0.05, 0.1) is 30.0 Å². The van der Waals surface area contributed by atoms with Crippen molar-refractivity contribution in [3.63, 3.8) is 0 Å². The molecule has 9 heteroatoms. The maximum atomic E-state index is 12.8. The number of carbonyl (C=O) groups excluding carboxylic acids is 1. The van der Waals surface area contributed by atoms with Crippen LogP contribution < -0.4 is 10.7 Å². The van der Waals surface area contributed by atoms with Crippen LogP contribution in [-0.4, -0.2) is 35.4 Å². The third kappa shape index (κ3) is 3.62. The van der Waals surface area contributed by atoms with E-state index in [-0.39, 0.29) is 17.5 Å². The van der Waals surface area contributed by atoms with Crippen molar-refractivity contribution in [3.8, 4) is 5.69 Å². The number of nitrogens with zero attached hydrogens (tertiary/aromatic N) is 6. The molecule has 0 radical (unpaired) electrons. The summed E-state index contributed by atoms with van der Waals surface area (Å²) in [6.07, 6.45) is 6.59. The number of amides is 1. The third-order valence-corrected chi connectivity index (χ3v) is 4.53. The van der Waals surface area contributed by atoms with Crippen LogP contribution in [0.2, 0.25) is 0 Å². The summed E-state index contributed by atoms with van der Waals surface area (Å²) >= 11 is 0. The van der Waals surface area contributed by atoms with Gasteiger partial charge in [0.1, 0.15) is 16.9 Å². The Hall–Kier alpha value is -3.88. The summed E-state index contributed by atoms with van der Waals surface area (Å²) in [5.74, 6) is -0.462. The highest BCUT2D eigenvalue weighted by molar-refractivity contribution is 5.96. The van der Waals surface area contributed by atoms with E-state index in [1.165, 1.54) is 0 Å². The Morgan fingerprint density at radius 3 is 2.83 bits per heavy atom. The average Bonchev–Trinajstić information content (AvgIpc) is 3.22. The molecule has 0 unspecified atom stereocenters. The minimum Gasteiger partial charge on any atom is -0.346 e. The van der Waals surface area contributed by atoms with E-state index in [9.17, 15) is 9.59 Å². The molecule has 0 aliphatic carbocycles. The molecule has 0 atom stereocenters. The number of aryl methyl sites for hydroxylation is 2. The van der Waals surface area contributed by atoms with Crippen LogP contribution in [0, 0.1) is 6.92 Å². The summed E-state index contributed by atoms with van der Waals surface area (Å²) in [5.41, 5.74) is 2.46. The first kappa shape index (κ1) is 18.5. The Labute approximate surface area is 166 Å². The molecule has 0 saturated carbocycles. The molecule has 0 aliphatic heterocycles. The number of fused-ring (bicyclic) bond motifs is 1. The zero-order valence-electron chi connectivity index (χ0n) is 16.0. The molecule has 0 aliphatic rings. The predicted octanol–water partition coefficient (Wildman–Crippen LogP) is 1.63. The molecule has 4 aromatic heterocycles. The van der Waals surface area contributed by atoms with Crippen LogP contribution >= 0.6 is 0 Å². The lowest BCUT2D eigenvalue weighted by Crippen LogP contribution is -2.29. The van der Waals surface area contributed by atoms with Crippen LogP contribution in [-0.2, 0) is 13.1 Å². The first-order valence-corrected chi connectivity index (χ1v) is 9.17. The van der Waals surface area contributed by atoms with E-state index in [2.05, 4.69) is 25.6 Å².